The highest BCUT2D eigenvalue weighted by Gasteiger charge is 2.20. The molecule has 3 heteroatoms. The number of nitrogens with one attached hydrogen (secondary N) is 1. The van der Waals surface area contributed by atoms with Gasteiger partial charge in [0, 0.05) is 17.7 Å². The molecule has 1 fully saturated rings. The van der Waals surface area contributed by atoms with Gasteiger partial charge >= 0.3 is 0 Å². The van der Waals surface area contributed by atoms with Crippen molar-refractivity contribution in [1.29, 1.82) is 0 Å². The Kier molecular flexibility index (Phi) is 5.69. The van der Waals surface area contributed by atoms with Gasteiger partial charge in [-0.25, -0.2) is 0 Å². The van der Waals surface area contributed by atoms with E-state index in [1.165, 1.54) is 18.5 Å². The minimum absolute atomic E-state index is 0.476. The Morgan fingerprint density at radius 1 is 1.29 bits per heavy atom. The highest BCUT2D eigenvalue weighted by atomic mass is 15.3. The Morgan fingerprint density at radius 3 is 2.41 bits per heavy atom. The Hall–Kier alpha value is -0.830. The summed E-state index contributed by atoms with van der Waals surface area (Å²) < 4.78 is 2.20. The van der Waals surface area contributed by atoms with Crippen LogP contribution in [0.1, 0.15) is 63.9 Å². The van der Waals surface area contributed by atoms with Crippen LogP contribution in [-0.4, -0.2) is 22.9 Å². The van der Waals surface area contributed by atoms with Crippen molar-refractivity contribution in [2.75, 3.05) is 13.1 Å². The quantitative estimate of drug-likeness (QED) is 0.855. The molecule has 1 saturated heterocycles. The van der Waals surface area contributed by atoms with Crippen LogP contribution < -0.4 is 5.32 Å². The first-order valence-corrected chi connectivity index (χ1v) is 6.95. The summed E-state index contributed by atoms with van der Waals surface area (Å²) in [5, 5.41) is 7.99. The van der Waals surface area contributed by atoms with E-state index < -0.39 is 0 Å². The molecule has 0 bridgehead atoms. The zero-order chi connectivity index (χ0) is 12.8. The van der Waals surface area contributed by atoms with Gasteiger partial charge in [-0.15, -0.1) is 0 Å². The van der Waals surface area contributed by atoms with Gasteiger partial charge in [0.25, 0.3) is 0 Å². The molecule has 0 saturated carbocycles. The summed E-state index contributed by atoms with van der Waals surface area (Å²) in [4.78, 5) is 0. The lowest BCUT2D eigenvalue weighted by Gasteiger charge is -2.24. The molecule has 1 aliphatic heterocycles. The van der Waals surface area contributed by atoms with Crippen LogP contribution in [0.2, 0.25) is 0 Å². The molecular formula is C14H27N3. The highest BCUT2D eigenvalue weighted by Crippen LogP contribution is 2.27. The largest absolute Gasteiger partial charge is 0.317 e. The zero-order valence-electron chi connectivity index (χ0n) is 12.0. The summed E-state index contributed by atoms with van der Waals surface area (Å²) in [6, 6.07) is 2.74. The van der Waals surface area contributed by atoms with E-state index in [0.717, 1.165) is 18.8 Å². The summed E-state index contributed by atoms with van der Waals surface area (Å²) in [6.45, 7) is 12.8. The molecule has 1 aromatic rings. The maximum Gasteiger partial charge on any atom is 0.0596 e. The van der Waals surface area contributed by atoms with E-state index in [1.54, 1.807) is 0 Å². The van der Waals surface area contributed by atoms with Crippen LogP contribution in [0.15, 0.2) is 6.07 Å². The molecule has 0 aromatic carbocycles. The van der Waals surface area contributed by atoms with Gasteiger partial charge in [0.2, 0.25) is 0 Å². The normalized spacial score (nSPS) is 16.8. The molecule has 3 nitrogen and oxygen atoms in total. The molecular weight excluding hydrogens is 210 g/mol. The fourth-order valence-corrected chi connectivity index (χ4v) is 2.37. The van der Waals surface area contributed by atoms with Crippen LogP contribution in [-0.2, 0) is 0 Å². The molecule has 2 heterocycles. The van der Waals surface area contributed by atoms with E-state index in [2.05, 4.69) is 41.9 Å². The predicted octanol–water partition coefficient (Wildman–Crippen LogP) is 3.27. The Morgan fingerprint density at radius 2 is 1.88 bits per heavy atom. The van der Waals surface area contributed by atoms with Crippen molar-refractivity contribution in [3.05, 3.63) is 17.5 Å². The van der Waals surface area contributed by atoms with Gasteiger partial charge in [0.05, 0.1) is 5.69 Å². The molecule has 0 atom stereocenters. The minimum atomic E-state index is 0.476. The molecule has 17 heavy (non-hydrogen) atoms. The third-order valence-corrected chi connectivity index (χ3v) is 3.13. The fraction of sp³-hybridized carbons (Fsp3) is 0.786. The van der Waals surface area contributed by atoms with Crippen LogP contribution in [0.5, 0.6) is 0 Å². The fourth-order valence-electron chi connectivity index (χ4n) is 2.37. The standard InChI is InChI=1S/C12H21N3.C2H6/c1-9(2)15-12(8-10(3)14-15)11-4-6-13-7-5-11;1-2/h8-9,11,13H,4-7H2,1-3H3;1-2H3. The molecule has 0 unspecified atom stereocenters. The second kappa shape index (κ2) is 6.80. The molecule has 0 amide bonds. The van der Waals surface area contributed by atoms with Gasteiger partial charge in [-0.3, -0.25) is 4.68 Å². The first-order valence-electron chi connectivity index (χ1n) is 6.95. The second-order valence-corrected chi connectivity index (χ2v) is 4.77. The first-order chi connectivity index (χ1) is 8.18. The number of aromatic nitrogens is 2. The second-order valence-electron chi connectivity index (χ2n) is 4.77. The van der Waals surface area contributed by atoms with Crippen molar-refractivity contribution < 1.29 is 0 Å². The van der Waals surface area contributed by atoms with Crippen molar-refractivity contribution in [3.8, 4) is 0 Å². The van der Waals surface area contributed by atoms with Gasteiger partial charge in [0.15, 0.2) is 0 Å². The first kappa shape index (κ1) is 14.2. The van der Waals surface area contributed by atoms with Crippen LogP contribution in [0.3, 0.4) is 0 Å². The van der Waals surface area contributed by atoms with E-state index >= 15 is 0 Å². The lowest BCUT2D eigenvalue weighted by Crippen LogP contribution is -2.28. The average molecular weight is 237 g/mol. The van der Waals surface area contributed by atoms with Crippen LogP contribution >= 0.6 is 0 Å². The maximum atomic E-state index is 4.58. The average Bonchev–Trinajstić information content (AvgIpc) is 2.75. The van der Waals surface area contributed by atoms with E-state index in [0.29, 0.717) is 12.0 Å². The Bertz CT molecular complexity index is 322. The van der Waals surface area contributed by atoms with Gasteiger partial charge < -0.3 is 5.32 Å². The number of rotatable bonds is 2. The van der Waals surface area contributed by atoms with E-state index in [1.807, 2.05) is 13.8 Å². The third-order valence-electron chi connectivity index (χ3n) is 3.13. The van der Waals surface area contributed by atoms with Crippen LogP contribution in [0, 0.1) is 6.92 Å². The third kappa shape index (κ3) is 3.56. The van der Waals surface area contributed by atoms with Crippen LogP contribution in [0.4, 0.5) is 0 Å². The molecule has 0 aliphatic carbocycles. The predicted molar refractivity (Wildman–Crippen MR) is 73.5 cm³/mol. The SMILES string of the molecule is CC.Cc1cc(C2CCNCC2)n(C(C)C)n1. The van der Waals surface area contributed by atoms with Crippen molar-refractivity contribution >= 4 is 0 Å². The Balaban J connectivity index is 0.000000686. The minimum Gasteiger partial charge on any atom is -0.317 e. The van der Waals surface area contributed by atoms with Crippen molar-refractivity contribution in [1.82, 2.24) is 15.1 Å². The number of nitrogens with zero attached hydrogens (tertiary/aromatic N) is 2. The van der Waals surface area contributed by atoms with Gasteiger partial charge in [-0.05, 0) is 52.8 Å². The molecule has 98 valence electrons. The monoisotopic (exact) mass is 237 g/mol. The molecule has 1 aromatic heterocycles. The molecule has 1 N–H and O–H groups in total. The lowest BCUT2D eigenvalue weighted by molar-refractivity contribution is 0.413. The van der Waals surface area contributed by atoms with Gasteiger partial charge in [-0.1, -0.05) is 13.8 Å². The van der Waals surface area contributed by atoms with Gasteiger partial charge in [-0.2, -0.15) is 5.10 Å². The van der Waals surface area contributed by atoms with Crippen molar-refractivity contribution in [3.63, 3.8) is 0 Å². The number of hydrogen-bond donors (Lipinski definition) is 1. The number of piperidine rings is 1. The summed E-state index contributed by atoms with van der Waals surface area (Å²) in [5.41, 5.74) is 2.58. The summed E-state index contributed by atoms with van der Waals surface area (Å²) in [6.07, 6.45) is 2.50. The van der Waals surface area contributed by atoms with Crippen molar-refractivity contribution in [2.45, 2.75) is 59.4 Å². The van der Waals surface area contributed by atoms with E-state index in [9.17, 15) is 0 Å². The van der Waals surface area contributed by atoms with E-state index in [4.69, 9.17) is 0 Å². The summed E-state index contributed by atoms with van der Waals surface area (Å²) >= 11 is 0. The molecule has 1 aliphatic rings. The molecule has 0 spiro atoms. The number of hydrogen-bond acceptors (Lipinski definition) is 2. The molecule has 0 radical (unpaired) electrons. The topological polar surface area (TPSA) is 29.9 Å². The number of aryl methyl sites for hydroxylation is 1. The zero-order valence-corrected chi connectivity index (χ0v) is 12.0. The summed E-state index contributed by atoms with van der Waals surface area (Å²) in [5.74, 6) is 0.704. The smallest absolute Gasteiger partial charge is 0.0596 e. The van der Waals surface area contributed by atoms with E-state index in [-0.39, 0.29) is 0 Å². The maximum absolute atomic E-state index is 4.58. The van der Waals surface area contributed by atoms with Gasteiger partial charge in [0.1, 0.15) is 0 Å². The Labute approximate surface area is 106 Å². The lowest BCUT2D eigenvalue weighted by atomic mass is 9.94. The van der Waals surface area contributed by atoms with Crippen LogP contribution in [0.25, 0.3) is 0 Å². The molecule has 2 rings (SSSR count). The highest BCUT2D eigenvalue weighted by molar-refractivity contribution is 5.15. The summed E-state index contributed by atoms with van der Waals surface area (Å²) in [7, 11) is 0. The van der Waals surface area contributed by atoms with Crippen molar-refractivity contribution in [2.24, 2.45) is 0 Å².